The Morgan fingerprint density at radius 1 is 1.14 bits per heavy atom. The summed E-state index contributed by atoms with van der Waals surface area (Å²) >= 11 is 0. The molecule has 0 radical (unpaired) electrons. The fourth-order valence-corrected chi connectivity index (χ4v) is 1.98. The van der Waals surface area contributed by atoms with Crippen LogP contribution in [0, 0.1) is 0 Å². The van der Waals surface area contributed by atoms with E-state index in [1.165, 1.54) is 5.56 Å². The van der Waals surface area contributed by atoms with Crippen molar-refractivity contribution in [1.82, 2.24) is 4.98 Å². The Labute approximate surface area is 126 Å². The summed E-state index contributed by atoms with van der Waals surface area (Å²) in [5, 5.41) is 3.38. The molecule has 2 rings (SSSR count). The highest BCUT2D eigenvalue weighted by atomic mass is 16.5. The zero-order valence-electron chi connectivity index (χ0n) is 12.8. The molecule has 0 spiro atoms. The molecule has 0 unspecified atom stereocenters. The average Bonchev–Trinajstić information content (AvgIpc) is 2.49. The van der Waals surface area contributed by atoms with Gasteiger partial charge in [-0.15, -0.1) is 0 Å². The van der Waals surface area contributed by atoms with Crippen molar-refractivity contribution in [1.29, 1.82) is 0 Å². The minimum atomic E-state index is 0.113. The van der Waals surface area contributed by atoms with Crippen molar-refractivity contribution in [3.63, 3.8) is 0 Å². The summed E-state index contributed by atoms with van der Waals surface area (Å²) in [7, 11) is 1.68. The summed E-state index contributed by atoms with van der Waals surface area (Å²) in [4.78, 5) is 4.27. The quantitative estimate of drug-likeness (QED) is 0.845. The molecule has 1 N–H and O–H groups in total. The summed E-state index contributed by atoms with van der Waals surface area (Å²) in [6, 6.07) is 12.0. The third-order valence-corrected chi connectivity index (χ3v) is 3.01. The molecule has 0 saturated heterocycles. The molecule has 0 aliphatic carbocycles. The molecule has 0 amide bonds. The van der Waals surface area contributed by atoms with Crippen LogP contribution in [0.3, 0.4) is 0 Å². The minimum absolute atomic E-state index is 0.113. The third kappa shape index (κ3) is 4.67. The van der Waals surface area contributed by atoms with E-state index in [0.717, 1.165) is 24.4 Å². The molecule has 1 aromatic heterocycles. The lowest BCUT2D eigenvalue weighted by atomic mass is 10.1. The molecule has 0 aliphatic heterocycles. The molecule has 21 heavy (non-hydrogen) atoms. The highest BCUT2D eigenvalue weighted by Gasteiger charge is 2.06. The maximum Gasteiger partial charge on any atom is 0.237 e. The van der Waals surface area contributed by atoms with Crippen LogP contribution in [0.2, 0.25) is 0 Å². The second-order valence-electron chi connectivity index (χ2n) is 5.05. The monoisotopic (exact) mass is 286 g/mol. The summed E-state index contributed by atoms with van der Waals surface area (Å²) in [5.41, 5.74) is 2.19. The molecular weight excluding hydrogens is 264 g/mol. The molecule has 4 nitrogen and oxygen atoms in total. The first-order chi connectivity index (χ1) is 10.2. The third-order valence-electron chi connectivity index (χ3n) is 3.01. The van der Waals surface area contributed by atoms with Gasteiger partial charge in [-0.25, -0.2) is 4.98 Å². The Bertz CT molecular complexity index is 553. The summed E-state index contributed by atoms with van der Waals surface area (Å²) in [6.45, 7) is 4.82. The van der Waals surface area contributed by atoms with Crippen LogP contribution in [0.25, 0.3) is 0 Å². The van der Waals surface area contributed by atoms with Crippen LogP contribution in [0.5, 0.6) is 11.6 Å². The topological polar surface area (TPSA) is 43.4 Å². The largest absolute Gasteiger partial charge is 0.497 e. The number of nitrogens with one attached hydrogen (secondary N) is 1. The molecule has 1 aromatic carbocycles. The highest BCUT2D eigenvalue weighted by Crippen LogP contribution is 2.21. The zero-order chi connectivity index (χ0) is 15.1. The SMILES string of the molecule is COc1ccc(CCNc2cccnc2OC(C)C)cc1. The fraction of sp³-hybridized carbons (Fsp3) is 0.353. The van der Waals surface area contributed by atoms with Crippen LogP contribution < -0.4 is 14.8 Å². The van der Waals surface area contributed by atoms with Crippen molar-refractivity contribution in [2.45, 2.75) is 26.4 Å². The number of anilines is 1. The van der Waals surface area contributed by atoms with Crippen molar-refractivity contribution < 1.29 is 9.47 Å². The summed E-state index contributed by atoms with van der Waals surface area (Å²) in [6.07, 6.45) is 2.79. The number of ether oxygens (including phenoxy) is 2. The van der Waals surface area contributed by atoms with Gasteiger partial charge in [0.05, 0.1) is 18.9 Å². The fourth-order valence-electron chi connectivity index (χ4n) is 1.98. The van der Waals surface area contributed by atoms with E-state index in [0.29, 0.717) is 5.88 Å². The van der Waals surface area contributed by atoms with Crippen molar-refractivity contribution in [3.8, 4) is 11.6 Å². The van der Waals surface area contributed by atoms with Gasteiger partial charge in [-0.1, -0.05) is 12.1 Å². The Hall–Kier alpha value is -2.23. The number of methoxy groups -OCH3 is 1. The molecule has 0 fully saturated rings. The number of benzene rings is 1. The highest BCUT2D eigenvalue weighted by molar-refractivity contribution is 5.52. The summed E-state index contributed by atoms with van der Waals surface area (Å²) in [5.74, 6) is 1.54. The van der Waals surface area contributed by atoms with Crippen LogP contribution in [-0.2, 0) is 6.42 Å². The Morgan fingerprint density at radius 3 is 2.57 bits per heavy atom. The number of nitrogens with zero attached hydrogens (tertiary/aromatic N) is 1. The van der Waals surface area contributed by atoms with E-state index < -0.39 is 0 Å². The lowest BCUT2D eigenvalue weighted by molar-refractivity contribution is 0.234. The molecular formula is C17H22N2O2. The zero-order valence-corrected chi connectivity index (χ0v) is 12.8. The Kier molecular flexibility index (Phi) is 5.43. The molecule has 0 atom stereocenters. The Morgan fingerprint density at radius 2 is 1.90 bits per heavy atom. The van der Waals surface area contributed by atoms with E-state index in [4.69, 9.17) is 9.47 Å². The first kappa shape index (κ1) is 15.2. The standard InChI is InChI=1S/C17H22N2O2/c1-13(2)21-17-16(5-4-11-19-17)18-12-10-14-6-8-15(20-3)9-7-14/h4-9,11,13,18H,10,12H2,1-3H3. The van der Waals surface area contributed by atoms with E-state index in [2.05, 4.69) is 22.4 Å². The second kappa shape index (κ2) is 7.53. The van der Waals surface area contributed by atoms with Gasteiger partial charge in [-0.05, 0) is 50.1 Å². The minimum Gasteiger partial charge on any atom is -0.497 e. The molecule has 112 valence electrons. The van der Waals surface area contributed by atoms with Crippen molar-refractivity contribution >= 4 is 5.69 Å². The van der Waals surface area contributed by atoms with Gasteiger partial charge < -0.3 is 14.8 Å². The van der Waals surface area contributed by atoms with Crippen LogP contribution in [-0.4, -0.2) is 24.7 Å². The second-order valence-corrected chi connectivity index (χ2v) is 5.05. The van der Waals surface area contributed by atoms with Gasteiger partial charge in [-0.3, -0.25) is 0 Å². The van der Waals surface area contributed by atoms with Crippen LogP contribution in [0.15, 0.2) is 42.6 Å². The predicted molar refractivity (Wildman–Crippen MR) is 85.2 cm³/mol. The molecule has 1 heterocycles. The molecule has 0 bridgehead atoms. The van der Waals surface area contributed by atoms with Gasteiger partial charge in [0.1, 0.15) is 5.75 Å². The van der Waals surface area contributed by atoms with E-state index in [9.17, 15) is 0 Å². The first-order valence-electron chi connectivity index (χ1n) is 7.17. The lowest BCUT2D eigenvalue weighted by Crippen LogP contribution is -2.11. The first-order valence-corrected chi connectivity index (χ1v) is 7.17. The number of hydrogen-bond acceptors (Lipinski definition) is 4. The van der Waals surface area contributed by atoms with E-state index in [1.54, 1.807) is 13.3 Å². The van der Waals surface area contributed by atoms with Gasteiger partial charge in [-0.2, -0.15) is 0 Å². The van der Waals surface area contributed by atoms with Crippen LogP contribution in [0.4, 0.5) is 5.69 Å². The van der Waals surface area contributed by atoms with Crippen molar-refractivity contribution in [2.24, 2.45) is 0 Å². The van der Waals surface area contributed by atoms with Crippen molar-refractivity contribution in [2.75, 3.05) is 19.0 Å². The molecule has 0 saturated carbocycles. The number of hydrogen-bond donors (Lipinski definition) is 1. The van der Waals surface area contributed by atoms with Gasteiger partial charge in [0.15, 0.2) is 0 Å². The number of aromatic nitrogens is 1. The van der Waals surface area contributed by atoms with Crippen LogP contribution >= 0.6 is 0 Å². The Balaban J connectivity index is 1.90. The summed E-state index contributed by atoms with van der Waals surface area (Å²) < 4.78 is 10.8. The van der Waals surface area contributed by atoms with Crippen LogP contribution in [0.1, 0.15) is 19.4 Å². The normalized spacial score (nSPS) is 10.5. The molecule has 4 heteroatoms. The predicted octanol–water partition coefficient (Wildman–Crippen LogP) is 3.53. The van der Waals surface area contributed by atoms with Gasteiger partial charge in [0.2, 0.25) is 5.88 Å². The smallest absolute Gasteiger partial charge is 0.237 e. The number of rotatable bonds is 7. The molecule has 0 aliphatic rings. The van der Waals surface area contributed by atoms with Gasteiger partial charge >= 0.3 is 0 Å². The van der Waals surface area contributed by atoms with E-state index >= 15 is 0 Å². The maximum absolute atomic E-state index is 5.69. The molecule has 2 aromatic rings. The van der Waals surface area contributed by atoms with Gasteiger partial charge in [0.25, 0.3) is 0 Å². The van der Waals surface area contributed by atoms with E-state index in [1.807, 2.05) is 38.1 Å². The number of pyridine rings is 1. The van der Waals surface area contributed by atoms with Gasteiger partial charge in [0, 0.05) is 12.7 Å². The van der Waals surface area contributed by atoms with E-state index in [-0.39, 0.29) is 6.10 Å². The van der Waals surface area contributed by atoms with Crippen molar-refractivity contribution in [3.05, 3.63) is 48.2 Å². The maximum atomic E-state index is 5.69. The average molecular weight is 286 g/mol. The lowest BCUT2D eigenvalue weighted by Gasteiger charge is -2.14.